The van der Waals surface area contributed by atoms with Crippen molar-refractivity contribution >= 4 is 23.4 Å². The van der Waals surface area contributed by atoms with Crippen molar-refractivity contribution < 1.29 is 24.3 Å². The molecule has 1 aliphatic heterocycles. The number of benzene rings is 2. The van der Waals surface area contributed by atoms with E-state index in [-0.39, 0.29) is 24.7 Å². The second-order valence-corrected chi connectivity index (χ2v) is 5.20. The Morgan fingerprint density at radius 3 is 2.76 bits per heavy atom. The molecule has 0 fully saturated rings. The minimum atomic E-state index is -0.551. The lowest BCUT2D eigenvalue weighted by molar-refractivity contribution is -0.385. The smallest absolute Gasteiger partial charge is 0.280 e. The Morgan fingerprint density at radius 1 is 1.28 bits per heavy atom. The van der Waals surface area contributed by atoms with E-state index in [2.05, 4.69) is 5.32 Å². The van der Waals surface area contributed by atoms with E-state index in [1.165, 1.54) is 24.3 Å². The van der Waals surface area contributed by atoms with Crippen LogP contribution in [-0.4, -0.2) is 22.7 Å². The van der Waals surface area contributed by atoms with Gasteiger partial charge < -0.3 is 19.9 Å². The van der Waals surface area contributed by atoms with Crippen molar-refractivity contribution in [3.05, 3.63) is 63.7 Å². The normalized spacial score (nSPS) is 12.4. The Bertz CT molecular complexity index is 862. The number of aliphatic hydroxyl groups is 1. The van der Waals surface area contributed by atoms with E-state index in [0.717, 1.165) is 0 Å². The van der Waals surface area contributed by atoms with E-state index in [9.17, 15) is 14.9 Å². The number of anilines is 1. The maximum atomic E-state index is 12.0. The number of nitro benzene ring substituents is 1. The molecule has 1 amide bonds. The SMILES string of the molecule is O=C(/C=C/c1cc2c(cc1[N+](=O)[O-])OCO2)Nc1cccc(CO)c1. The second-order valence-electron chi connectivity index (χ2n) is 5.20. The molecule has 0 saturated heterocycles. The minimum absolute atomic E-state index is 0.00133. The summed E-state index contributed by atoms with van der Waals surface area (Å²) in [6, 6.07) is 9.46. The van der Waals surface area contributed by atoms with Gasteiger partial charge in [0.15, 0.2) is 11.5 Å². The standard InChI is InChI=1S/C17H14N2O6/c20-9-11-2-1-3-13(6-11)18-17(21)5-4-12-7-15-16(25-10-24-15)8-14(12)19(22)23/h1-8,20H,9-10H2,(H,18,21)/b5-4+. The maximum absolute atomic E-state index is 12.0. The van der Waals surface area contributed by atoms with Crippen LogP contribution < -0.4 is 14.8 Å². The first-order valence-corrected chi connectivity index (χ1v) is 7.34. The summed E-state index contributed by atoms with van der Waals surface area (Å²) in [6.07, 6.45) is 2.53. The van der Waals surface area contributed by atoms with E-state index < -0.39 is 10.8 Å². The third-order valence-electron chi connectivity index (χ3n) is 3.51. The van der Waals surface area contributed by atoms with Crippen molar-refractivity contribution in [3.8, 4) is 11.5 Å². The topological polar surface area (TPSA) is 111 Å². The molecule has 2 aromatic carbocycles. The van der Waals surface area contributed by atoms with Crippen molar-refractivity contribution in [2.75, 3.05) is 12.1 Å². The van der Waals surface area contributed by atoms with Gasteiger partial charge in [0, 0.05) is 11.8 Å². The van der Waals surface area contributed by atoms with Crippen LogP contribution in [0.4, 0.5) is 11.4 Å². The highest BCUT2D eigenvalue weighted by Crippen LogP contribution is 2.38. The van der Waals surface area contributed by atoms with Crippen molar-refractivity contribution in [1.29, 1.82) is 0 Å². The van der Waals surface area contributed by atoms with Crippen molar-refractivity contribution in [1.82, 2.24) is 0 Å². The predicted molar refractivity (Wildman–Crippen MR) is 89.2 cm³/mol. The summed E-state index contributed by atoms with van der Waals surface area (Å²) >= 11 is 0. The van der Waals surface area contributed by atoms with Crippen LogP contribution in [0, 0.1) is 10.1 Å². The average molecular weight is 342 g/mol. The quantitative estimate of drug-likeness (QED) is 0.490. The first kappa shape index (κ1) is 16.5. The molecule has 0 atom stereocenters. The van der Waals surface area contributed by atoms with E-state index >= 15 is 0 Å². The second kappa shape index (κ2) is 7.02. The fourth-order valence-electron chi connectivity index (χ4n) is 2.34. The van der Waals surface area contributed by atoms with Gasteiger partial charge in [0.25, 0.3) is 5.69 Å². The summed E-state index contributed by atoms with van der Waals surface area (Å²) in [5.74, 6) is 0.234. The summed E-state index contributed by atoms with van der Waals surface area (Å²) < 4.78 is 10.3. The maximum Gasteiger partial charge on any atom is 0.280 e. The summed E-state index contributed by atoms with van der Waals surface area (Å²) in [4.78, 5) is 22.6. The van der Waals surface area contributed by atoms with Crippen molar-refractivity contribution in [2.45, 2.75) is 6.61 Å². The fraction of sp³-hybridized carbons (Fsp3) is 0.118. The summed E-state index contributed by atoms with van der Waals surface area (Å²) in [5, 5.41) is 22.9. The van der Waals surface area contributed by atoms with Crippen LogP contribution >= 0.6 is 0 Å². The average Bonchev–Trinajstić information content (AvgIpc) is 3.06. The van der Waals surface area contributed by atoms with E-state index in [0.29, 0.717) is 22.7 Å². The Labute approximate surface area is 142 Å². The largest absolute Gasteiger partial charge is 0.454 e. The number of amides is 1. The number of hydrogen-bond acceptors (Lipinski definition) is 6. The van der Waals surface area contributed by atoms with Crippen LogP contribution in [0.15, 0.2) is 42.5 Å². The lowest BCUT2D eigenvalue weighted by atomic mass is 10.1. The molecule has 2 aromatic rings. The highest BCUT2D eigenvalue weighted by molar-refractivity contribution is 6.02. The van der Waals surface area contributed by atoms with Gasteiger partial charge in [0.05, 0.1) is 23.2 Å². The molecule has 128 valence electrons. The number of carbonyl (C=O) groups excluding carboxylic acids is 1. The molecule has 0 radical (unpaired) electrons. The fourth-order valence-corrected chi connectivity index (χ4v) is 2.34. The number of fused-ring (bicyclic) bond motifs is 1. The molecule has 1 aliphatic rings. The lowest BCUT2D eigenvalue weighted by Gasteiger charge is -2.04. The Morgan fingerprint density at radius 2 is 2.04 bits per heavy atom. The van der Waals surface area contributed by atoms with E-state index in [1.54, 1.807) is 24.3 Å². The van der Waals surface area contributed by atoms with E-state index in [4.69, 9.17) is 14.6 Å². The molecule has 8 heteroatoms. The van der Waals surface area contributed by atoms with Crippen LogP contribution in [0.5, 0.6) is 11.5 Å². The number of nitrogens with zero attached hydrogens (tertiary/aromatic N) is 1. The molecule has 0 unspecified atom stereocenters. The molecule has 25 heavy (non-hydrogen) atoms. The van der Waals surface area contributed by atoms with E-state index in [1.807, 2.05) is 0 Å². The monoisotopic (exact) mass is 342 g/mol. The number of rotatable bonds is 5. The van der Waals surface area contributed by atoms with Gasteiger partial charge >= 0.3 is 0 Å². The van der Waals surface area contributed by atoms with Gasteiger partial charge in [-0.05, 0) is 29.8 Å². The number of hydrogen-bond donors (Lipinski definition) is 2. The highest BCUT2D eigenvalue weighted by atomic mass is 16.7. The van der Waals surface area contributed by atoms with Crippen LogP contribution in [0.1, 0.15) is 11.1 Å². The number of nitrogens with one attached hydrogen (secondary N) is 1. The van der Waals surface area contributed by atoms with Crippen LogP contribution in [0.3, 0.4) is 0 Å². The number of nitro groups is 1. The minimum Gasteiger partial charge on any atom is -0.454 e. The number of aliphatic hydroxyl groups excluding tert-OH is 1. The summed E-state index contributed by atoms with van der Waals surface area (Å²) in [7, 11) is 0. The molecule has 0 spiro atoms. The summed E-state index contributed by atoms with van der Waals surface area (Å²) in [5.41, 5.74) is 1.22. The third kappa shape index (κ3) is 3.75. The van der Waals surface area contributed by atoms with Crippen LogP contribution in [0.2, 0.25) is 0 Å². The van der Waals surface area contributed by atoms with Crippen molar-refractivity contribution in [2.24, 2.45) is 0 Å². The molecule has 8 nitrogen and oxygen atoms in total. The van der Waals surface area contributed by atoms with Gasteiger partial charge in [-0.15, -0.1) is 0 Å². The molecule has 2 N–H and O–H groups in total. The lowest BCUT2D eigenvalue weighted by Crippen LogP contribution is -2.08. The highest BCUT2D eigenvalue weighted by Gasteiger charge is 2.22. The van der Waals surface area contributed by atoms with Crippen LogP contribution in [0.25, 0.3) is 6.08 Å². The first-order chi connectivity index (χ1) is 12.1. The van der Waals surface area contributed by atoms with Gasteiger partial charge in [0.1, 0.15) is 0 Å². The third-order valence-corrected chi connectivity index (χ3v) is 3.51. The Kier molecular flexibility index (Phi) is 4.62. The predicted octanol–water partition coefficient (Wildman–Crippen LogP) is 2.47. The molecule has 3 rings (SSSR count). The zero-order chi connectivity index (χ0) is 17.8. The molecular formula is C17H14N2O6. The molecular weight excluding hydrogens is 328 g/mol. The molecule has 0 aromatic heterocycles. The molecule has 1 heterocycles. The van der Waals surface area contributed by atoms with Crippen LogP contribution in [-0.2, 0) is 11.4 Å². The van der Waals surface area contributed by atoms with Gasteiger partial charge in [0.2, 0.25) is 12.7 Å². The number of carbonyl (C=O) groups is 1. The Balaban J connectivity index is 1.79. The summed E-state index contributed by atoms with van der Waals surface area (Å²) in [6.45, 7) is -0.135. The van der Waals surface area contributed by atoms with Gasteiger partial charge in [-0.2, -0.15) is 0 Å². The molecule has 0 saturated carbocycles. The Hall–Kier alpha value is -3.39. The number of ether oxygens (including phenoxy) is 2. The molecule has 0 aliphatic carbocycles. The molecule has 0 bridgehead atoms. The van der Waals surface area contributed by atoms with Gasteiger partial charge in [-0.1, -0.05) is 12.1 Å². The zero-order valence-corrected chi connectivity index (χ0v) is 13.0. The van der Waals surface area contributed by atoms with Gasteiger partial charge in [-0.25, -0.2) is 0 Å². The van der Waals surface area contributed by atoms with Gasteiger partial charge in [-0.3, -0.25) is 14.9 Å². The van der Waals surface area contributed by atoms with Crippen molar-refractivity contribution in [3.63, 3.8) is 0 Å². The first-order valence-electron chi connectivity index (χ1n) is 7.34. The zero-order valence-electron chi connectivity index (χ0n) is 13.0.